The quantitative estimate of drug-likeness (QED) is 0.195. The Morgan fingerprint density at radius 2 is 1.52 bits per heavy atom. The molecule has 0 radical (unpaired) electrons. The smallest absolute Gasteiger partial charge is 0.744 e. The van der Waals surface area contributed by atoms with E-state index in [1.54, 1.807) is 0 Å². The van der Waals surface area contributed by atoms with Crippen LogP contribution in [0.2, 0.25) is 0 Å². The van der Waals surface area contributed by atoms with Gasteiger partial charge in [-0.05, 0) is 48.0 Å². The summed E-state index contributed by atoms with van der Waals surface area (Å²) in [6.45, 7) is -0.581. The summed E-state index contributed by atoms with van der Waals surface area (Å²) >= 11 is 0. The molecule has 2 aromatic carbocycles. The predicted molar refractivity (Wildman–Crippen MR) is 84.7 cm³/mol. The first-order valence-electron chi connectivity index (χ1n) is 6.97. The van der Waals surface area contributed by atoms with Gasteiger partial charge in [-0.25, -0.2) is 8.42 Å². The minimum Gasteiger partial charge on any atom is -0.744 e. The van der Waals surface area contributed by atoms with E-state index in [0.717, 1.165) is 12.1 Å². The van der Waals surface area contributed by atoms with Crippen LogP contribution in [0.3, 0.4) is 0 Å². The van der Waals surface area contributed by atoms with Crippen LogP contribution in [0.25, 0.3) is 6.08 Å². The molecule has 0 heterocycles. The van der Waals surface area contributed by atoms with Crippen LogP contribution in [-0.4, -0.2) is 31.3 Å². The second kappa shape index (κ2) is 11.8. The molecule has 2 aromatic rings. The SMILES string of the molecule is O=C([O-])COc1ccc(C(=O)C=Cc2ccc(S(=O)(=O)[O-])cc2)cc1.[Na+].[Na+]. The summed E-state index contributed by atoms with van der Waals surface area (Å²) in [5.74, 6) is -1.37. The molecule has 0 aliphatic rings. The van der Waals surface area contributed by atoms with Crippen molar-refractivity contribution in [2.75, 3.05) is 6.61 Å². The maximum atomic E-state index is 12.0. The van der Waals surface area contributed by atoms with Crippen LogP contribution in [0.5, 0.6) is 5.75 Å². The second-order valence-corrected chi connectivity index (χ2v) is 6.29. The molecule has 0 saturated carbocycles. The Labute approximate surface area is 200 Å². The molecular weight excluding hydrogens is 394 g/mol. The Morgan fingerprint density at radius 3 is 2.00 bits per heavy atom. The summed E-state index contributed by atoms with van der Waals surface area (Å²) in [6, 6.07) is 11.0. The molecule has 0 aliphatic carbocycles. The molecule has 0 aliphatic heterocycles. The number of carboxylic acids is 1. The number of rotatable bonds is 7. The first kappa shape index (κ1) is 26.0. The third-order valence-corrected chi connectivity index (χ3v) is 3.94. The number of hydrogen-bond acceptors (Lipinski definition) is 7. The Morgan fingerprint density at radius 1 is 0.963 bits per heavy atom. The summed E-state index contributed by atoms with van der Waals surface area (Å²) in [6.07, 6.45) is 2.77. The molecule has 2 rings (SSSR count). The van der Waals surface area contributed by atoms with Gasteiger partial charge >= 0.3 is 59.1 Å². The van der Waals surface area contributed by atoms with Crippen molar-refractivity contribution in [3.8, 4) is 5.75 Å². The zero-order valence-corrected chi connectivity index (χ0v) is 19.6. The fourth-order valence-electron chi connectivity index (χ4n) is 1.87. The largest absolute Gasteiger partial charge is 1.00 e. The topological polar surface area (TPSA) is 124 Å². The van der Waals surface area contributed by atoms with Crippen molar-refractivity contribution in [1.82, 2.24) is 0 Å². The fraction of sp³-hybridized carbons (Fsp3) is 0.0588. The van der Waals surface area contributed by atoms with Crippen molar-refractivity contribution in [2.24, 2.45) is 0 Å². The Bertz CT molecular complexity index is 905. The Balaban J connectivity index is 0.00000338. The van der Waals surface area contributed by atoms with E-state index in [1.807, 2.05) is 0 Å². The average molecular weight is 406 g/mol. The van der Waals surface area contributed by atoms with Crippen molar-refractivity contribution in [2.45, 2.75) is 4.90 Å². The van der Waals surface area contributed by atoms with Crippen molar-refractivity contribution in [1.29, 1.82) is 0 Å². The van der Waals surface area contributed by atoms with Gasteiger partial charge in [0.2, 0.25) is 0 Å². The van der Waals surface area contributed by atoms with Crippen molar-refractivity contribution < 1.29 is 91.5 Å². The van der Waals surface area contributed by atoms with Crippen LogP contribution in [0.15, 0.2) is 59.5 Å². The van der Waals surface area contributed by atoms with Crippen LogP contribution in [0.4, 0.5) is 0 Å². The van der Waals surface area contributed by atoms with Crippen LogP contribution in [0, 0.1) is 0 Å². The van der Waals surface area contributed by atoms with E-state index in [9.17, 15) is 27.7 Å². The number of ketones is 1. The van der Waals surface area contributed by atoms with Crippen LogP contribution < -0.4 is 69.0 Å². The predicted octanol–water partition coefficient (Wildman–Crippen LogP) is -5.38. The van der Waals surface area contributed by atoms with Crippen LogP contribution >= 0.6 is 0 Å². The summed E-state index contributed by atoms with van der Waals surface area (Å²) < 4.78 is 37.4. The summed E-state index contributed by atoms with van der Waals surface area (Å²) in [5.41, 5.74) is 0.908. The van der Waals surface area contributed by atoms with E-state index < -0.39 is 22.7 Å². The molecule has 27 heavy (non-hydrogen) atoms. The van der Waals surface area contributed by atoms with Gasteiger partial charge in [0, 0.05) is 5.56 Å². The molecule has 0 aromatic heterocycles. The zero-order chi connectivity index (χ0) is 18.4. The van der Waals surface area contributed by atoms with Gasteiger partial charge in [-0.1, -0.05) is 18.2 Å². The van der Waals surface area contributed by atoms with Crippen LogP contribution in [0.1, 0.15) is 15.9 Å². The van der Waals surface area contributed by atoms with Gasteiger partial charge in [-0.2, -0.15) is 0 Å². The summed E-state index contributed by atoms with van der Waals surface area (Å²) in [7, 11) is -4.50. The minimum atomic E-state index is -4.50. The fourth-order valence-corrected chi connectivity index (χ4v) is 2.34. The maximum Gasteiger partial charge on any atom is 1.00 e. The molecule has 0 amide bonds. The number of allylic oxidation sites excluding steroid dienone is 1. The third kappa shape index (κ3) is 8.71. The summed E-state index contributed by atoms with van der Waals surface area (Å²) in [4.78, 5) is 22.0. The van der Waals surface area contributed by atoms with Crippen LogP contribution in [-0.2, 0) is 14.9 Å². The number of hydrogen-bond donors (Lipinski definition) is 0. The average Bonchev–Trinajstić information content (AvgIpc) is 2.58. The van der Waals surface area contributed by atoms with Gasteiger partial charge in [-0.3, -0.25) is 4.79 Å². The van der Waals surface area contributed by atoms with Gasteiger partial charge in [0.05, 0.1) is 10.9 Å². The molecule has 0 bridgehead atoms. The van der Waals surface area contributed by atoms with Crippen molar-refractivity contribution in [3.05, 3.63) is 65.7 Å². The van der Waals surface area contributed by atoms with Gasteiger partial charge in [0.1, 0.15) is 22.5 Å². The zero-order valence-electron chi connectivity index (χ0n) is 14.7. The second-order valence-electron chi connectivity index (χ2n) is 4.91. The molecular formula is C17H12Na2O7S. The molecule has 130 valence electrons. The molecule has 0 unspecified atom stereocenters. The van der Waals surface area contributed by atoms with Crippen molar-refractivity contribution >= 4 is 27.9 Å². The van der Waals surface area contributed by atoms with E-state index in [0.29, 0.717) is 16.9 Å². The molecule has 0 N–H and O–H groups in total. The normalized spacial score (nSPS) is 10.6. The molecule has 7 nitrogen and oxygen atoms in total. The molecule has 0 saturated heterocycles. The number of benzene rings is 2. The molecule has 0 fully saturated rings. The number of aliphatic carboxylic acids is 1. The maximum absolute atomic E-state index is 12.0. The van der Waals surface area contributed by atoms with E-state index in [2.05, 4.69) is 0 Å². The number of carbonyl (C=O) groups excluding carboxylic acids is 2. The van der Waals surface area contributed by atoms with Gasteiger partial charge < -0.3 is 19.2 Å². The monoisotopic (exact) mass is 406 g/mol. The Hall–Kier alpha value is -0.970. The van der Waals surface area contributed by atoms with E-state index >= 15 is 0 Å². The molecule has 0 spiro atoms. The number of carbonyl (C=O) groups is 2. The standard InChI is InChI=1S/C17H14O7S.2Na/c18-16(13-4-6-14(7-5-13)24-11-17(19)20)10-3-12-1-8-15(9-2-12)25(21,22)23;;/h1-10H,11H2,(H,19,20)(H,21,22,23);;/q;2*+1/p-2. The minimum absolute atomic E-state index is 0. The van der Waals surface area contributed by atoms with Gasteiger partial charge in [0.25, 0.3) is 0 Å². The number of ether oxygens (including phenoxy) is 1. The first-order chi connectivity index (χ1) is 11.8. The van der Waals surface area contributed by atoms with Gasteiger partial charge in [-0.15, -0.1) is 0 Å². The Kier molecular flexibility index (Phi) is 11.4. The first-order valence-corrected chi connectivity index (χ1v) is 8.37. The number of carboxylic acid groups (broad SMARTS) is 1. The third-order valence-electron chi connectivity index (χ3n) is 3.09. The van der Waals surface area contributed by atoms with E-state index in [4.69, 9.17) is 4.74 Å². The van der Waals surface area contributed by atoms with E-state index in [-0.39, 0.29) is 69.8 Å². The van der Waals surface area contributed by atoms with Crippen molar-refractivity contribution in [3.63, 3.8) is 0 Å². The van der Waals surface area contributed by atoms with E-state index in [1.165, 1.54) is 48.6 Å². The van der Waals surface area contributed by atoms with Gasteiger partial charge in [0.15, 0.2) is 5.78 Å². The molecule has 10 heteroatoms. The molecule has 0 atom stereocenters. The summed E-state index contributed by atoms with van der Waals surface area (Å²) in [5, 5.41) is 10.3.